The lowest BCUT2D eigenvalue weighted by atomic mass is 9.87. The number of methoxy groups -OCH3 is 1. The second-order valence-electron chi connectivity index (χ2n) is 6.62. The van der Waals surface area contributed by atoms with E-state index < -0.39 is 5.97 Å². The van der Waals surface area contributed by atoms with Crippen molar-refractivity contribution in [2.45, 2.75) is 33.1 Å². The molecule has 2 rings (SSSR count). The Bertz CT molecular complexity index is 799. The van der Waals surface area contributed by atoms with Gasteiger partial charge in [-0.1, -0.05) is 56.4 Å². The predicted octanol–water partition coefficient (Wildman–Crippen LogP) is 4.19. The molecule has 0 radical (unpaired) electrons. The molecule has 1 aromatic carbocycles. The molecule has 0 aliphatic rings. The number of nitrogens with zero attached hydrogens (tertiary/aromatic N) is 1. The summed E-state index contributed by atoms with van der Waals surface area (Å²) in [5.41, 5.74) is 2.81. The maximum absolute atomic E-state index is 12.0. The Morgan fingerprint density at radius 2 is 1.84 bits per heavy atom. The number of carbonyl (C=O) groups is 2. The van der Waals surface area contributed by atoms with Gasteiger partial charge in [0, 0.05) is 6.08 Å². The first kappa shape index (κ1) is 18.9. The molecule has 0 spiro atoms. The Morgan fingerprint density at radius 3 is 2.40 bits per heavy atom. The SMILES string of the molecule is COC(=O)c1sc(NC(=O)/C=C/c2ccc(C(C)(C)C)cc2)nc1C. The average Bonchev–Trinajstić information content (AvgIpc) is 2.92. The zero-order valence-electron chi connectivity index (χ0n) is 15.0. The minimum absolute atomic E-state index is 0.0969. The number of benzene rings is 1. The molecule has 0 unspecified atom stereocenters. The maximum atomic E-state index is 12.0. The number of thiazole rings is 1. The first-order valence-corrected chi connectivity index (χ1v) is 8.67. The van der Waals surface area contributed by atoms with Gasteiger partial charge in [0.1, 0.15) is 4.88 Å². The number of carbonyl (C=O) groups excluding carboxylic acids is 2. The smallest absolute Gasteiger partial charge is 0.350 e. The van der Waals surface area contributed by atoms with Crippen LogP contribution in [-0.2, 0) is 14.9 Å². The average molecular weight is 358 g/mol. The Morgan fingerprint density at radius 1 is 1.20 bits per heavy atom. The van der Waals surface area contributed by atoms with Gasteiger partial charge in [-0.05, 0) is 29.5 Å². The first-order valence-electron chi connectivity index (χ1n) is 7.86. The van der Waals surface area contributed by atoms with Crippen molar-refractivity contribution in [3.63, 3.8) is 0 Å². The molecule has 0 bridgehead atoms. The molecule has 2 aromatic rings. The predicted molar refractivity (Wildman–Crippen MR) is 101 cm³/mol. The van der Waals surface area contributed by atoms with Gasteiger partial charge in [-0.15, -0.1) is 0 Å². The van der Waals surface area contributed by atoms with Crippen molar-refractivity contribution in [1.29, 1.82) is 0 Å². The number of ether oxygens (including phenoxy) is 1. The molecule has 0 aliphatic carbocycles. The van der Waals surface area contributed by atoms with Gasteiger partial charge in [0.05, 0.1) is 12.8 Å². The summed E-state index contributed by atoms with van der Waals surface area (Å²) >= 11 is 1.10. The Hall–Kier alpha value is -2.47. The number of amides is 1. The Balaban J connectivity index is 2.02. The highest BCUT2D eigenvalue weighted by Crippen LogP contribution is 2.24. The van der Waals surface area contributed by atoms with Crippen LogP contribution in [0.2, 0.25) is 0 Å². The van der Waals surface area contributed by atoms with Gasteiger partial charge in [0.25, 0.3) is 0 Å². The molecule has 1 heterocycles. The molecule has 0 fully saturated rings. The van der Waals surface area contributed by atoms with Crippen LogP contribution >= 0.6 is 11.3 Å². The highest BCUT2D eigenvalue weighted by atomic mass is 32.1. The molecule has 0 atom stereocenters. The number of aryl methyl sites for hydroxylation is 1. The highest BCUT2D eigenvalue weighted by molar-refractivity contribution is 7.17. The topological polar surface area (TPSA) is 68.3 Å². The molecule has 0 aliphatic heterocycles. The molecule has 1 aromatic heterocycles. The summed E-state index contributed by atoms with van der Waals surface area (Å²) in [7, 11) is 1.31. The minimum atomic E-state index is -0.454. The van der Waals surface area contributed by atoms with Gasteiger partial charge in [-0.2, -0.15) is 0 Å². The number of anilines is 1. The largest absolute Gasteiger partial charge is 0.465 e. The van der Waals surface area contributed by atoms with E-state index in [9.17, 15) is 9.59 Å². The summed E-state index contributed by atoms with van der Waals surface area (Å²) in [6.07, 6.45) is 3.18. The molecule has 6 heteroatoms. The van der Waals surface area contributed by atoms with Crippen molar-refractivity contribution >= 4 is 34.4 Å². The van der Waals surface area contributed by atoms with Crippen LogP contribution in [0, 0.1) is 6.92 Å². The lowest BCUT2D eigenvalue weighted by molar-refractivity contribution is -0.111. The van der Waals surface area contributed by atoms with Crippen LogP contribution in [0.4, 0.5) is 5.13 Å². The van der Waals surface area contributed by atoms with Gasteiger partial charge in [-0.3, -0.25) is 10.1 Å². The fourth-order valence-corrected chi connectivity index (χ4v) is 3.03. The van der Waals surface area contributed by atoms with E-state index in [0.29, 0.717) is 15.7 Å². The second-order valence-corrected chi connectivity index (χ2v) is 7.62. The fourth-order valence-electron chi connectivity index (χ4n) is 2.15. The highest BCUT2D eigenvalue weighted by Gasteiger charge is 2.16. The molecule has 1 amide bonds. The number of aromatic nitrogens is 1. The van der Waals surface area contributed by atoms with Crippen molar-refractivity contribution < 1.29 is 14.3 Å². The summed E-state index contributed by atoms with van der Waals surface area (Å²) in [4.78, 5) is 28.1. The van der Waals surface area contributed by atoms with Crippen LogP contribution in [0.3, 0.4) is 0 Å². The lowest BCUT2D eigenvalue weighted by Crippen LogP contribution is -2.10. The summed E-state index contributed by atoms with van der Waals surface area (Å²) in [5.74, 6) is -0.755. The maximum Gasteiger partial charge on any atom is 0.350 e. The van der Waals surface area contributed by atoms with Gasteiger partial charge in [0.15, 0.2) is 5.13 Å². The molecular weight excluding hydrogens is 336 g/mol. The standard InChI is InChI=1S/C19H22N2O3S/c1-12-16(17(23)24-5)25-18(20-12)21-15(22)11-8-13-6-9-14(10-7-13)19(2,3)4/h6-11H,1-5H3,(H,20,21,22)/b11-8+. The molecule has 0 saturated carbocycles. The Labute approximate surface area is 151 Å². The van der Waals surface area contributed by atoms with Gasteiger partial charge in [-0.25, -0.2) is 9.78 Å². The zero-order valence-corrected chi connectivity index (χ0v) is 15.9. The molecular formula is C19H22N2O3S. The molecule has 25 heavy (non-hydrogen) atoms. The van der Waals surface area contributed by atoms with Crippen LogP contribution in [0.15, 0.2) is 30.3 Å². The number of nitrogens with one attached hydrogen (secondary N) is 1. The van der Waals surface area contributed by atoms with Crippen LogP contribution in [-0.4, -0.2) is 24.0 Å². The minimum Gasteiger partial charge on any atom is -0.465 e. The van der Waals surface area contributed by atoms with E-state index in [1.54, 1.807) is 13.0 Å². The summed E-state index contributed by atoms with van der Waals surface area (Å²) in [6.45, 7) is 8.17. The van der Waals surface area contributed by atoms with Crippen LogP contribution < -0.4 is 5.32 Å². The summed E-state index contributed by atoms with van der Waals surface area (Å²) in [5, 5.41) is 3.03. The Kier molecular flexibility index (Phi) is 5.74. The lowest BCUT2D eigenvalue weighted by Gasteiger charge is -2.18. The third-order valence-electron chi connectivity index (χ3n) is 3.60. The van der Waals surface area contributed by atoms with Crippen molar-refractivity contribution in [1.82, 2.24) is 4.98 Å². The van der Waals surface area contributed by atoms with Gasteiger partial charge < -0.3 is 4.74 Å². The van der Waals surface area contributed by atoms with Gasteiger partial charge >= 0.3 is 5.97 Å². The van der Waals surface area contributed by atoms with E-state index in [4.69, 9.17) is 0 Å². The number of esters is 1. The van der Waals surface area contributed by atoms with E-state index in [0.717, 1.165) is 16.9 Å². The summed E-state index contributed by atoms with van der Waals surface area (Å²) in [6, 6.07) is 8.08. The van der Waals surface area contributed by atoms with E-state index >= 15 is 0 Å². The zero-order chi connectivity index (χ0) is 18.6. The third kappa shape index (κ3) is 5.00. The van der Waals surface area contributed by atoms with Crippen molar-refractivity contribution in [2.24, 2.45) is 0 Å². The van der Waals surface area contributed by atoms with Crippen molar-refractivity contribution in [3.8, 4) is 0 Å². The number of hydrogen-bond acceptors (Lipinski definition) is 5. The first-order chi connectivity index (χ1) is 11.7. The number of hydrogen-bond donors (Lipinski definition) is 1. The van der Waals surface area contributed by atoms with Crippen molar-refractivity contribution in [2.75, 3.05) is 12.4 Å². The normalized spacial score (nSPS) is 11.6. The molecule has 132 valence electrons. The molecule has 1 N–H and O–H groups in total. The van der Waals surface area contributed by atoms with E-state index in [-0.39, 0.29) is 11.3 Å². The van der Waals surface area contributed by atoms with Gasteiger partial charge in [0.2, 0.25) is 5.91 Å². The summed E-state index contributed by atoms with van der Waals surface area (Å²) < 4.78 is 4.68. The van der Waals surface area contributed by atoms with E-state index in [1.165, 1.54) is 18.7 Å². The molecule has 0 saturated heterocycles. The van der Waals surface area contributed by atoms with E-state index in [1.807, 2.05) is 12.1 Å². The molecule has 5 nitrogen and oxygen atoms in total. The fraction of sp³-hybridized carbons (Fsp3) is 0.316. The monoisotopic (exact) mass is 358 g/mol. The quantitative estimate of drug-likeness (QED) is 0.657. The van der Waals surface area contributed by atoms with E-state index in [2.05, 4.69) is 47.9 Å². The second kappa shape index (κ2) is 7.61. The number of rotatable bonds is 4. The third-order valence-corrected chi connectivity index (χ3v) is 4.65. The van der Waals surface area contributed by atoms with Crippen molar-refractivity contribution in [3.05, 3.63) is 52.0 Å². The van der Waals surface area contributed by atoms with Crippen LogP contribution in [0.25, 0.3) is 6.08 Å². The van der Waals surface area contributed by atoms with Crippen LogP contribution in [0.5, 0.6) is 0 Å². The van der Waals surface area contributed by atoms with Crippen LogP contribution in [0.1, 0.15) is 47.3 Å².